The molecule has 0 bridgehead atoms. The Morgan fingerprint density at radius 3 is 2.66 bits per heavy atom. The number of benzene rings is 2. The van der Waals surface area contributed by atoms with E-state index in [-0.39, 0.29) is 59.3 Å². The van der Waals surface area contributed by atoms with Gasteiger partial charge in [0, 0.05) is 36.8 Å². The van der Waals surface area contributed by atoms with Gasteiger partial charge in [-0.05, 0) is 50.2 Å². The van der Waals surface area contributed by atoms with E-state index in [1.165, 1.54) is 17.2 Å². The number of rotatable bonds is 7. The predicted molar refractivity (Wildman–Crippen MR) is 173 cm³/mol. The minimum Gasteiger partial charge on any atom is -0.461 e. The number of anilines is 1. The van der Waals surface area contributed by atoms with E-state index in [0.717, 1.165) is 38.8 Å². The summed E-state index contributed by atoms with van der Waals surface area (Å²) in [6.45, 7) is 13.3. The van der Waals surface area contributed by atoms with Gasteiger partial charge in [-0.25, -0.2) is 19.7 Å². The third kappa shape index (κ3) is 5.41. The molecule has 7 rings (SSSR count). The molecule has 3 fully saturated rings. The Bertz CT molecular complexity index is 1960. The number of carbonyl (C=O) groups excluding carboxylic acids is 1. The highest BCUT2D eigenvalue weighted by Crippen LogP contribution is 2.41. The fourth-order valence-electron chi connectivity index (χ4n) is 7.41. The Hall–Kier alpha value is -4.47. The van der Waals surface area contributed by atoms with Crippen molar-refractivity contribution in [1.82, 2.24) is 24.8 Å². The molecule has 0 aliphatic carbocycles. The third-order valence-electron chi connectivity index (χ3n) is 9.69. The van der Waals surface area contributed by atoms with E-state index < -0.39 is 29.4 Å². The number of nitrogens with zero attached hydrogens (tertiary/aromatic N) is 7. The summed E-state index contributed by atoms with van der Waals surface area (Å²) in [5.74, 6) is -3.04. The molecule has 3 saturated heterocycles. The molecule has 3 aliphatic rings. The van der Waals surface area contributed by atoms with Crippen LogP contribution in [0.15, 0.2) is 48.9 Å². The fraction of sp³-hybridized carbons (Fsp3) is 0.382. The van der Waals surface area contributed by atoms with Crippen molar-refractivity contribution in [3.8, 4) is 17.3 Å². The van der Waals surface area contributed by atoms with Gasteiger partial charge in [-0.2, -0.15) is 9.97 Å². The van der Waals surface area contributed by atoms with Gasteiger partial charge in [0.2, 0.25) is 6.54 Å². The van der Waals surface area contributed by atoms with Gasteiger partial charge in [0.15, 0.2) is 11.6 Å². The van der Waals surface area contributed by atoms with Crippen LogP contribution in [0.4, 0.5) is 19.0 Å². The zero-order valence-electron chi connectivity index (χ0n) is 25.5. The van der Waals surface area contributed by atoms with Gasteiger partial charge in [0.05, 0.1) is 15.9 Å². The first-order valence-electron chi connectivity index (χ1n) is 15.6. The molecule has 5 heterocycles. The zero-order valence-corrected chi connectivity index (χ0v) is 26.2. The summed E-state index contributed by atoms with van der Waals surface area (Å²) in [6.07, 6.45) is 5.58. The molecule has 0 spiro atoms. The Morgan fingerprint density at radius 2 is 1.91 bits per heavy atom. The Balaban J connectivity index is 1.34. The van der Waals surface area contributed by atoms with Crippen LogP contribution >= 0.6 is 11.6 Å². The molecule has 9 nitrogen and oxygen atoms in total. The van der Waals surface area contributed by atoms with Crippen LogP contribution in [0, 0.1) is 18.2 Å². The first-order chi connectivity index (χ1) is 22.7. The second-order valence-electron chi connectivity index (χ2n) is 12.3. The first-order valence-corrected chi connectivity index (χ1v) is 15.9. The van der Waals surface area contributed by atoms with Crippen molar-refractivity contribution in [3.63, 3.8) is 0 Å². The molecule has 0 radical (unpaired) electrons. The van der Waals surface area contributed by atoms with E-state index in [0.29, 0.717) is 28.8 Å². The minimum atomic E-state index is -1.10. The molecule has 3 aliphatic heterocycles. The lowest BCUT2D eigenvalue weighted by atomic mass is 9.95. The van der Waals surface area contributed by atoms with Crippen LogP contribution in [0.2, 0.25) is 5.02 Å². The van der Waals surface area contributed by atoms with Crippen molar-refractivity contribution in [2.45, 2.75) is 37.3 Å². The maximum Gasteiger partial charge on any atom is 0.319 e. The highest BCUT2D eigenvalue weighted by atomic mass is 35.5. The van der Waals surface area contributed by atoms with Crippen LogP contribution in [0.25, 0.3) is 37.8 Å². The number of amides is 1. The molecular formula is C34H31ClF3N7O2. The summed E-state index contributed by atoms with van der Waals surface area (Å²) < 4.78 is 51.4. The molecule has 1 atom stereocenters. The fourth-order valence-corrected chi connectivity index (χ4v) is 7.69. The average Bonchev–Trinajstić information content (AvgIpc) is 3.66. The van der Waals surface area contributed by atoms with E-state index in [4.69, 9.17) is 27.9 Å². The molecule has 0 unspecified atom stereocenters. The van der Waals surface area contributed by atoms with Crippen LogP contribution in [-0.2, 0) is 4.79 Å². The smallest absolute Gasteiger partial charge is 0.319 e. The van der Waals surface area contributed by atoms with Gasteiger partial charge in [0.25, 0.3) is 5.91 Å². The van der Waals surface area contributed by atoms with Gasteiger partial charge in [-0.15, -0.1) is 0 Å². The summed E-state index contributed by atoms with van der Waals surface area (Å²) in [5.41, 5.74) is 0.0664. The second-order valence-corrected chi connectivity index (χ2v) is 12.7. The van der Waals surface area contributed by atoms with E-state index in [1.807, 2.05) is 4.90 Å². The number of ether oxygens (including phenoxy) is 1. The SMILES string of the molecule is [C-]#[N+]C[C@H]1CN(c2nc(OCC34CCCN3CCC4)nc3c(F)c(-c4cccc5ccc(F)c(Cl)c45)ncc23)CCN1C(=O)C(=C)F. The number of hydrogen-bond acceptors (Lipinski definition) is 7. The first kappa shape index (κ1) is 31.1. The Labute approximate surface area is 274 Å². The molecule has 0 N–H and O–H groups in total. The maximum absolute atomic E-state index is 16.7. The molecule has 4 aromatic rings. The van der Waals surface area contributed by atoms with Gasteiger partial charge >= 0.3 is 6.01 Å². The molecule has 0 saturated carbocycles. The van der Waals surface area contributed by atoms with E-state index >= 15 is 4.39 Å². The predicted octanol–water partition coefficient (Wildman–Crippen LogP) is 6.20. The topological polar surface area (TPSA) is 79.1 Å². The van der Waals surface area contributed by atoms with Crippen molar-refractivity contribution in [3.05, 3.63) is 77.0 Å². The summed E-state index contributed by atoms with van der Waals surface area (Å²) in [7, 11) is 0. The second kappa shape index (κ2) is 12.3. The lowest BCUT2D eigenvalue weighted by Crippen LogP contribution is -2.56. The highest BCUT2D eigenvalue weighted by molar-refractivity contribution is 6.36. The normalized spacial score (nSPS) is 19.3. The molecule has 242 valence electrons. The molecule has 13 heteroatoms. The summed E-state index contributed by atoms with van der Waals surface area (Å²) >= 11 is 6.38. The van der Waals surface area contributed by atoms with Gasteiger partial charge in [0.1, 0.15) is 35.5 Å². The number of halogens is 4. The highest BCUT2D eigenvalue weighted by Gasteiger charge is 2.45. The monoisotopic (exact) mass is 661 g/mol. The van der Waals surface area contributed by atoms with E-state index in [1.54, 1.807) is 24.3 Å². The van der Waals surface area contributed by atoms with Crippen LogP contribution in [-0.4, -0.2) is 88.1 Å². The van der Waals surface area contributed by atoms with Gasteiger partial charge in [-0.3, -0.25) is 14.7 Å². The number of pyridine rings is 1. The number of hydrogen-bond donors (Lipinski definition) is 0. The number of carbonyl (C=O) groups is 1. The maximum atomic E-state index is 16.7. The van der Waals surface area contributed by atoms with Crippen molar-refractivity contribution < 1.29 is 22.7 Å². The molecule has 2 aromatic heterocycles. The molecule has 1 amide bonds. The largest absolute Gasteiger partial charge is 0.461 e. The van der Waals surface area contributed by atoms with Gasteiger partial charge < -0.3 is 19.4 Å². The molecule has 47 heavy (non-hydrogen) atoms. The van der Waals surface area contributed by atoms with Crippen LogP contribution in [0.1, 0.15) is 25.7 Å². The van der Waals surface area contributed by atoms with Crippen LogP contribution in [0.5, 0.6) is 6.01 Å². The van der Waals surface area contributed by atoms with Gasteiger partial charge in [-0.1, -0.05) is 42.4 Å². The van der Waals surface area contributed by atoms with E-state index in [9.17, 15) is 13.6 Å². The summed E-state index contributed by atoms with van der Waals surface area (Å²) in [6, 6.07) is 7.25. The number of aromatic nitrogens is 3. The van der Waals surface area contributed by atoms with Crippen LogP contribution < -0.4 is 9.64 Å². The Morgan fingerprint density at radius 1 is 1.13 bits per heavy atom. The summed E-state index contributed by atoms with van der Waals surface area (Å²) in [5, 5.41) is 1.09. The van der Waals surface area contributed by atoms with Crippen LogP contribution in [0.3, 0.4) is 0 Å². The Kier molecular flexibility index (Phi) is 8.14. The van der Waals surface area contributed by atoms with E-state index in [2.05, 4.69) is 26.3 Å². The quantitative estimate of drug-likeness (QED) is 0.172. The van der Waals surface area contributed by atoms with Crippen molar-refractivity contribution in [2.24, 2.45) is 0 Å². The zero-order chi connectivity index (χ0) is 32.9. The lowest BCUT2D eigenvalue weighted by Gasteiger charge is -2.39. The third-order valence-corrected chi connectivity index (χ3v) is 10.1. The van der Waals surface area contributed by atoms with Crippen molar-refractivity contribution >= 4 is 45.0 Å². The lowest BCUT2D eigenvalue weighted by molar-refractivity contribution is -0.131. The van der Waals surface area contributed by atoms with Crippen molar-refractivity contribution in [1.29, 1.82) is 0 Å². The standard InChI is InChI=1S/C34H31ClF3N7O2/c1-20(36)32(46)45-15-14-43(18-22(45)16-39-2)31-24-17-40-29(23-7-3-6-21-8-9-25(37)27(35)26(21)23)28(38)30(24)41-33(42-31)47-19-34-10-4-12-44(34)13-5-11-34/h3,6-9,17,22H,1,4-5,10-16,18-19H2/t22-/m0/s1. The molecule has 2 aromatic carbocycles. The minimum absolute atomic E-state index is 0.0176. The number of piperazine rings is 1. The van der Waals surface area contributed by atoms with Crippen molar-refractivity contribution in [2.75, 3.05) is 50.8 Å². The average molecular weight is 662 g/mol. The number of fused-ring (bicyclic) bond motifs is 3. The summed E-state index contributed by atoms with van der Waals surface area (Å²) in [4.78, 5) is 35.3. The molecular weight excluding hydrogens is 631 g/mol.